The summed E-state index contributed by atoms with van der Waals surface area (Å²) in [5, 5.41) is 0.684. The summed E-state index contributed by atoms with van der Waals surface area (Å²) >= 11 is 0. The van der Waals surface area contributed by atoms with Crippen LogP contribution in [-0.2, 0) is 0 Å². The summed E-state index contributed by atoms with van der Waals surface area (Å²) in [5.74, 6) is 5.40. The van der Waals surface area contributed by atoms with Crippen molar-refractivity contribution < 1.29 is 14.3 Å². The molecule has 0 aliphatic heterocycles. The highest BCUT2D eigenvalue weighted by molar-refractivity contribution is 6.12. The Labute approximate surface area is 151 Å². The quantitative estimate of drug-likeness (QED) is 0.420. The normalized spacial score (nSPS) is 10.7. The zero-order valence-electron chi connectivity index (χ0n) is 14.8. The molecule has 1 heterocycles. The van der Waals surface area contributed by atoms with E-state index in [0.717, 1.165) is 12.2 Å². The maximum Gasteiger partial charge on any atom is 0.267 e. The van der Waals surface area contributed by atoms with Crippen molar-refractivity contribution in [2.45, 2.75) is 20.3 Å². The van der Waals surface area contributed by atoms with Crippen molar-refractivity contribution in [1.29, 1.82) is 0 Å². The van der Waals surface area contributed by atoms with Crippen LogP contribution in [0.3, 0.4) is 0 Å². The van der Waals surface area contributed by atoms with E-state index < -0.39 is 5.91 Å². The molecule has 0 aliphatic rings. The highest BCUT2D eigenvalue weighted by atomic mass is 16.5. The fraction of sp³-hybridized carbons (Fsp3) is 0.200. The third-order valence-electron chi connectivity index (χ3n) is 4.25. The van der Waals surface area contributed by atoms with Crippen molar-refractivity contribution in [3.05, 3.63) is 65.4 Å². The van der Waals surface area contributed by atoms with E-state index in [1.54, 1.807) is 41.8 Å². The molecule has 2 aromatic carbocycles. The van der Waals surface area contributed by atoms with Crippen LogP contribution in [0.4, 0.5) is 0 Å². The van der Waals surface area contributed by atoms with Crippen LogP contribution in [0.1, 0.15) is 39.8 Å². The molecule has 0 atom stereocenters. The molecule has 0 aliphatic carbocycles. The van der Waals surface area contributed by atoms with Crippen molar-refractivity contribution in [2.75, 3.05) is 6.61 Å². The Kier molecular flexibility index (Phi) is 5.04. The second kappa shape index (κ2) is 7.41. The van der Waals surface area contributed by atoms with E-state index in [0.29, 0.717) is 34.3 Å². The second-order valence-electron chi connectivity index (χ2n) is 5.96. The van der Waals surface area contributed by atoms with Gasteiger partial charge in [0.05, 0.1) is 17.7 Å². The van der Waals surface area contributed by atoms with Gasteiger partial charge in [-0.05, 0) is 43.7 Å². The predicted octanol–water partition coefficient (Wildman–Crippen LogP) is 3.03. The monoisotopic (exact) mass is 351 g/mol. The number of fused-ring (bicyclic) bond motifs is 1. The SMILES string of the molecule is CCCOc1ccc(C(=O)n2c(C)c(C(=O)NN)c3ccccc32)cc1. The van der Waals surface area contributed by atoms with Gasteiger partial charge in [0.2, 0.25) is 0 Å². The van der Waals surface area contributed by atoms with Crippen LogP contribution in [0.2, 0.25) is 0 Å². The van der Waals surface area contributed by atoms with Crippen molar-refractivity contribution in [1.82, 2.24) is 9.99 Å². The fourth-order valence-corrected chi connectivity index (χ4v) is 3.03. The number of hydrogen-bond donors (Lipinski definition) is 2. The molecule has 3 aromatic rings. The number of rotatable bonds is 5. The van der Waals surface area contributed by atoms with E-state index >= 15 is 0 Å². The molecule has 0 unspecified atom stereocenters. The van der Waals surface area contributed by atoms with E-state index in [-0.39, 0.29) is 5.91 Å². The molecule has 3 N–H and O–H groups in total. The summed E-state index contributed by atoms with van der Waals surface area (Å²) in [7, 11) is 0. The highest BCUT2D eigenvalue weighted by Crippen LogP contribution is 2.27. The molecule has 0 radical (unpaired) electrons. The number of para-hydroxylation sites is 1. The molecule has 0 saturated carbocycles. The molecule has 3 rings (SSSR count). The molecule has 0 spiro atoms. The van der Waals surface area contributed by atoms with Crippen molar-refractivity contribution in [2.24, 2.45) is 5.84 Å². The topological polar surface area (TPSA) is 86.3 Å². The minimum absolute atomic E-state index is 0.211. The first kappa shape index (κ1) is 17.7. The fourth-order valence-electron chi connectivity index (χ4n) is 3.03. The molecular formula is C20H21N3O3. The molecule has 6 heteroatoms. The van der Waals surface area contributed by atoms with Gasteiger partial charge in [-0.2, -0.15) is 0 Å². The molecule has 0 fully saturated rings. The number of nitrogens with zero attached hydrogens (tertiary/aromatic N) is 1. The van der Waals surface area contributed by atoms with Gasteiger partial charge in [0.15, 0.2) is 0 Å². The summed E-state index contributed by atoms with van der Waals surface area (Å²) in [6.45, 7) is 4.40. The van der Waals surface area contributed by atoms with Gasteiger partial charge in [0, 0.05) is 16.6 Å². The lowest BCUT2D eigenvalue weighted by atomic mass is 10.1. The summed E-state index contributed by atoms with van der Waals surface area (Å²) in [5.41, 5.74) is 4.28. The van der Waals surface area contributed by atoms with E-state index in [1.807, 2.05) is 25.1 Å². The Morgan fingerprint density at radius 2 is 1.81 bits per heavy atom. The van der Waals surface area contributed by atoms with Crippen LogP contribution < -0.4 is 16.0 Å². The minimum atomic E-state index is -0.423. The average molecular weight is 351 g/mol. The molecule has 0 saturated heterocycles. The van der Waals surface area contributed by atoms with E-state index in [1.165, 1.54) is 0 Å². The molecule has 1 amide bonds. The van der Waals surface area contributed by atoms with Gasteiger partial charge in [-0.25, -0.2) is 5.84 Å². The number of nitrogens with one attached hydrogen (secondary N) is 1. The third-order valence-corrected chi connectivity index (χ3v) is 4.25. The lowest BCUT2D eigenvalue weighted by Crippen LogP contribution is -2.30. The highest BCUT2D eigenvalue weighted by Gasteiger charge is 2.23. The number of nitrogen functional groups attached to an aromatic ring is 1. The van der Waals surface area contributed by atoms with Gasteiger partial charge in [0.1, 0.15) is 5.75 Å². The summed E-state index contributed by atoms with van der Waals surface area (Å²) in [6, 6.07) is 14.3. The molecule has 26 heavy (non-hydrogen) atoms. The number of hydrogen-bond acceptors (Lipinski definition) is 4. The van der Waals surface area contributed by atoms with E-state index in [4.69, 9.17) is 10.6 Å². The average Bonchev–Trinajstić information content (AvgIpc) is 2.97. The molecule has 134 valence electrons. The maximum absolute atomic E-state index is 13.1. The van der Waals surface area contributed by atoms with Gasteiger partial charge in [-0.15, -0.1) is 0 Å². The Balaban J connectivity index is 2.06. The summed E-state index contributed by atoms with van der Waals surface area (Å²) in [4.78, 5) is 25.3. The van der Waals surface area contributed by atoms with Crippen molar-refractivity contribution in [3.63, 3.8) is 0 Å². The van der Waals surface area contributed by atoms with Crippen LogP contribution >= 0.6 is 0 Å². The lowest BCUT2D eigenvalue weighted by Gasteiger charge is -2.09. The van der Waals surface area contributed by atoms with Crippen LogP contribution in [0, 0.1) is 6.92 Å². The zero-order chi connectivity index (χ0) is 18.7. The summed E-state index contributed by atoms with van der Waals surface area (Å²) in [6.07, 6.45) is 0.918. The number of aromatic nitrogens is 1. The van der Waals surface area contributed by atoms with Crippen molar-refractivity contribution in [3.8, 4) is 5.75 Å². The van der Waals surface area contributed by atoms with Gasteiger partial charge in [-0.1, -0.05) is 25.1 Å². The second-order valence-corrected chi connectivity index (χ2v) is 5.96. The van der Waals surface area contributed by atoms with Gasteiger partial charge in [-0.3, -0.25) is 19.6 Å². The van der Waals surface area contributed by atoms with Crippen LogP contribution in [0.25, 0.3) is 10.9 Å². The Morgan fingerprint density at radius 3 is 2.46 bits per heavy atom. The summed E-state index contributed by atoms with van der Waals surface area (Å²) < 4.78 is 7.10. The number of benzene rings is 2. The molecular weight excluding hydrogens is 330 g/mol. The van der Waals surface area contributed by atoms with Crippen LogP contribution in [-0.4, -0.2) is 23.0 Å². The number of amides is 1. The Morgan fingerprint density at radius 1 is 1.12 bits per heavy atom. The van der Waals surface area contributed by atoms with Crippen LogP contribution in [0.5, 0.6) is 5.75 Å². The zero-order valence-corrected chi connectivity index (χ0v) is 14.8. The standard InChI is InChI=1S/C20H21N3O3/c1-3-12-26-15-10-8-14(9-11-15)20(25)23-13(2)18(19(24)22-21)16-6-4-5-7-17(16)23/h4-11H,3,12,21H2,1-2H3,(H,22,24). The Bertz CT molecular complexity index is 958. The van der Waals surface area contributed by atoms with Crippen LogP contribution in [0.15, 0.2) is 48.5 Å². The number of carbonyl (C=O) groups excluding carboxylic acids is 2. The maximum atomic E-state index is 13.1. The number of hydrazine groups is 1. The number of nitrogens with two attached hydrogens (primary N) is 1. The van der Waals surface area contributed by atoms with E-state index in [2.05, 4.69) is 5.43 Å². The smallest absolute Gasteiger partial charge is 0.267 e. The van der Waals surface area contributed by atoms with Gasteiger partial charge in [0.25, 0.3) is 11.8 Å². The minimum Gasteiger partial charge on any atom is -0.494 e. The third kappa shape index (κ3) is 3.07. The Hall–Kier alpha value is -3.12. The molecule has 6 nitrogen and oxygen atoms in total. The molecule has 1 aromatic heterocycles. The number of ether oxygens (including phenoxy) is 1. The predicted molar refractivity (Wildman–Crippen MR) is 100 cm³/mol. The first-order chi connectivity index (χ1) is 12.6. The lowest BCUT2D eigenvalue weighted by molar-refractivity contribution is 0.0954. The first-order valence-corrected chi connectivity index (χ1v) is 8.47. The largest absolute Gasteiger partial charge is 0.494 e. The van der Waals surface area contributed by atoms with Gasteiger partial charge < -0.3 is 4.74 Å². The van der Waals surface area contributed by atoms with Crippen molar-refractivity contribution >= 4 is 22.7 Å². The van der Waals surface area contributed by atoms with Gasteiger partial charge >= 0.3 is 0 Å². The number of carbonyl (C=O) groups is 2. The van der Waals surface area contributed by atoms with E-state index in [9.17, 15) is 9.59 Å². The first-order valence-electron chi connectivity index (χ1n) is 8.47. The molecule has 0 bridgehead atoms.